The number of nitrogens with one attached hydrogen (secondary N) is 1. The van der Waals surface area contributed by atoms with Crippen LogP contribution < -0.4 is 4.99 Å². The summed E-state index contributed by atoms with van der Waals surface area (Å²) < 4.78 is 9.28. The third kappa shape index (κ3) is 3.85. The van der Waals surface area contributed by atoms with E-state index in [1.54, 1.807) is 0 Å². The highest BCUT2D eigenvalue weighted by Gasteiger charge is 2.30. The summed E-state index contributed by atoms with van der Waals surface area (Å²) in [6.45, 7) is 1.88. The first-order valence-corrected chi connectivity index (χ1v) is 9.76. The number of fused-ring (bicyclic) bond motifs is 1. The maximum absolute atomic E-state index is 12.6. The van der Waals surface area contributed by atoms with Crippen molar-refractivity contribution in [1.29, 1.82) is 0 Å². The minimum absolute atomic E-state index is 0.0222. The molecule has 2 aromatic rings. The van der Waals surface area contributed by atoms with Crippen LogP contribution >= 0.6 is 12.0 Å². The maximum Gasteiger partial charge on any atom is 0.360 e. The van der Waals surface area contributed by atoms with Gasteiger partial charge in [-0.1, -0.05) is 18.2 Å². The van der Waals surface area contributed by atoms with Gasteiger partial charge < -0.3 is 9.45 Å². The molecule has 4 rings (SSSR count). The number of nitrogens with zero attached hydrogens (tertiary/aromatic N) is 3. The molecule has 2 aliphatic rings. The second kappa shape index (κ2) is 7.72. The van der Waals surface area contributed by atoms with E-state index in [2.05, 4.69) is 27.2 Å². The lowest BCUT2D eigenvalue weighted by atomic mass is 9.96. The lowest BCUT2D eigenvalue weighted by Gasteiger charge is -2.25. The number of benzene rings is 2. The Labute approximate surface area is 162 Å². The Morgan fingerprint density at radius 2 is 1.93 bits per heavy atom. The molecule has 2 aromatic carbocycles. The zero-order valence-corrected chi connectivity index (χ0v) is 15.9. The van der Waals surface area contributed by atoms with Crippen LogP contribution in [-0.4, -0.2) is 41.3 Å². The quantitative estimate of drug-likeness (QED) is 0.802. The molecule has 2 heterocycles. The largest absolute Gasteiger partial charge is 0.360 e. The summed E-state index contributed by atoms with van der Waals surface area (Å²) in [5, 5.41) is 8.36. The van der Waals surface area contributed by atoms with Crippen LogP contribution in [0.2, 0.25) is 0 Å². The SMILES string of the molecule is CN1CCC(C(=O)[NH+]=C2N=Nc3ccc(-c4cccc(SO)c4)cc32)CC1. The van der Waals surface area contributed by atoms with Crippen molar-refractivity contribution >= 4 is 29.5 Å². The Balaban J connectivity index is 1.60. The molecule has 0 aromatic heterocycles. The fourth-order valence-electron chi connectivity index (χ4n) is 3.46. The first-order valence-electron chi connectivity index (χ1n) is 8.98. The molecule has 1 amide bonds. The number of amides is 1. The fraction of sp³-hybridized carbons (Fsp3) is 0.300. The van der Waals surface area contributed by atoms with E-state index in [1.807, 2.05) is 42.5 Å². The lowest BCUT2D eigenvalue weighted by Crippen LogP contribution is -2.79. The molecule has 0 unspecified atom stereocenters. The van der Waals surface area contributed by atoms with Gasteiger partial charge in [0.05, 0.1) is 11.0 Å². The zero-order valence-electron chi connectivity index (χ0n) is 15.1. The number of piperidine rings is 1. The van der Waals surface area contributed by atoms with Crippen molar-refractivity contribution in [3.05, 3.63) is 48.0 Å². The second-order valence-corrected chi connectivity index (χ2v) is 7.62. The summed E-state index contributed by atoms with van der Waals surface area (Å²) in [7, 11) is 2.08. The minimum atomic E-state index is 0.0222. The lowest BCUT2D eigenvalue weighted by molar-refractivity contribution is -0.383. The van der Waals surface area contributed by atoms with Gasteiger partial charge in [-0.15, -0.1) is 0 Å². The van der Waals surface area contributed by atoms with Gasteiger partial charge in [0.15, 0.2) is 0 Å². The van der Waals surface area contributed by atoms with Crippen LogP contribution in [-0.2, 0) is 4.79 Å². The first kappa shape index (κ1) is 18.0. The zero-order chi connectivity index (χ0) is 18.8. The molecule has 27 heavy (non-hydrogen) atoms. The van der Waals surface area contributed by atoms with Gasteiger partial charge in [-0.05, 0) is 73.5 Å². The van der Waals surface area contributed by atoms with E-state index in [0.29, 0.717) is 5.84 Å². The molecule has 2 aliphatic heterocycles. The molecule has 0 bridgehead atoms. The number of carbonyl (C=O) groups excluding carboxylic acids is 1. The number of carbonyl (C=O) groups is 1. The molecular formula is C20H21N4O2S+. The summed E-state index contributed by atoms with van der Waals surface area (Å²) >= 11 is 0.725. The molecule has 2 N–H and O–H groups in total. The van der Waals surface area contributed by atoms with Crippen molar-refractivity contribution in [2.75, 3.05) is 20.1 Å². The second-order valence-electron chi connectivity index (χ2n) is 6.97. The van der Waals surface area contributed by atoms with Crippen LogP contribution in [0.4, 0.5) is 5.69 Å². The molecule has 0 radical (unpaired) electrons. The highest BCUT2D eigenvalue weighted by atomic mass is 32.2. The van der Waals surface area contributed by atoms with Gasteiger partial charge in [0.1, 0.15) is 11.3 Å². The maximum atomic E-state index is 12.6. The molecule has 0 atom stereocenters. The summed E-state index contributed by atoms with van der Waals surface area (Å²) in [5.74, 6) is 0.562. The van der Waals surface area contributed by atoms with Crippen LogP contribution in [0.3, 0.4) is 0 Å². The smallest absolute Gasteiger partial charge is 0.325 e. The molecule has 1 fully saturated rings. The van der Waals surface area contributed by atoms with Crippen molar-refractivity contribution in [2.24, 2.45) is 16.1 Å². The van der Waals surface area contributed by atoms with E-state index in [4.69, 9.17) is 0 Å². The summed E-state index contributed by atoms with van der Waals surface area (Å²) in [6, 6.07) is 13.5. The Morgan fingerprint density at radius 1 is 1.15 bits per heavy atom. The molecular weight excluding hydrogens is 360 g/mol. The number of hydrogen-bond acceptors (Lipinski definition) is 5. The monoisotopic (exact) mass is 381 g/mol. The third-order valence-electron chi connectivity index (χ3n) is 5.11. The summed E-state index contributed by atoms with van der Waals surface area (Å²) in [6.07, 6.45) is 1.73. The molecule has 0 spiro atoms. The van der Waals surface area contributed by atoms with Crippen molar-refractivity contribution < 1.29 is 14.3 Å². The Hall–Kier alpha value is -2.35. The molecule has 6 nitrogen and oxygen atoms in total. The van der Waals surface area contributed by atoms with Crippen LogP contribution in [0.5, 0.6) is 0 Å². The van der Waals surface area contributed by atoms with Crippen LogP contribution in [0.1, 0.15) is 18.4 Å². The van der Waals surface area contributed by atoms with E-state index in [1.165, 1.54) is 0 Å². The topological polar surface area (TPSA) is 79.2 Å². The first-order chi connectivity index (χ1) is 13.1. The Kier molecular flexibility index (Phi) is 5.15. The highest BCUT2D eigenvalue weighted by Crippen LogP contribution is 2.32. The number of likely N-dealkylation sites (tertiary alicyclic amines) is 1. The number of hydrogen-bond donors (Lipinski definition) is 2. The van der Waals surface area contributed by atoms with Crippen LogP contribution in [0, 0.1) is 5.92 Å². The van der Waals surface area contributed by atoms with Gasteiger partial charge in [-0.2, -0.15) is 0 Å². The van der Waals surface area contributed by atoms with Crippen LogP contribution in [0.25, 0.3) is 11.1 Å². The van der Waals surface area contributed by atoms with E-state index >= 15 is 0 Å². The Bertz CT molecular complexity index is 933. The van der Waals surface area contributed by atoms with Crippen LogP contribution in [0.15, 0.2) is 57.6 Å². The molecule has 0 saturated carbocycles. The molecule has 0 aliphatic carbocycles. The van der Waals surface area contributed by atoms with Gasteiger partial charge in [0.25, 0.3) is 0 Å². The standard InChI is InChI=1S/C20H20N4O2S/c1-24-9-7-13(8-10-24)20(25)21-19-17-12-15(5-6-18(17)22-23-19)14-3-2-4-16(11-14)27-26/h2-6,11-13,26H,7-10H2,1H3/p+1. The van der Waals surface area contributed by atoms with Crippen molar-refractivity contribution in [3.8, 4) is 11.1 Å². The highest BCUT2D eigenvalue weighted by molar-refractivity contribution is 7.93. The summed E-state index contributed by atoms with van der Waals surface area (Å²) in [4.78, 5) is 18.6. The van der Waals surface area contributed by atoms with Crippen molar-refractivity contribution in [1.82, 2.24) is 4.90 Å². The van der Waals surface area contributed by atoms with Gasteiger partial charge in [-0.3, -0.25) is 0 Å². The van der Waals surface area contributed by atoms with Gasteiger partial charge in [0.2, 0.25) is 0 Å². The number of azo groups is 1. The van der Waals surface area contributed by atoms with Crippen molar-refractivity contribution in [2.45, 2.75) is 17.7 Å². The van der Waals surface area contributed by atoms with E-state index in [-0.39, 0.29) is 11.8 Å². The normalized spacial score (nSPS) is 18.8. The fourth-order valence-corrected chi connectivity index (χ4v) is 3.78. The molecule has 1 saturated heterocycles. The van der Waals surface area contributed by atoms with Gasteiger partial charge >= 0.3 is 11.7 Å². The third-order valence-corrected chi connectivity index (χ3v) is 5.58. The van der Waals surface area contributed by atoms with E-state index in [9.17, 15) is 9.35 Å². The Morgan fingerprint density at radius 3 is 2.70 bits per heavy atom. The van der Waals surface area contributed by atoms with Gasteiger partial charge in [-0.25, -0.2) is 9.79 Å². The minimum Gasteiger partial charge on any atom is -0.325 e. The number of amidine groups is 1. The predicted octanol–water partition coefficient (Wildman–Crippen LogP) is 2.71. The predicted molar refractivity (Wildman–Crippen MR) is 105 cm³/mol. The summed E-state index contributed by atoms with van der Waals surface area (Å²) in [5.41, 5.74) is 3.56. The average molecular weight is 381 g/mol. The molecule has 7 heteroatoms. The van der Waals surface area contributed by atoms with E-state index < -0.39 is 0 Å². The van der Waals surface area contributed by atoms with E-state index in [0.717, 1.165) is 65.2 Å². The van der Waals surface area contributed by atoms with Gasteiger partial charge in [0, 0.05) is 16.9 Å². The number of rotatable bonds is 3. The van der Waals surface area contributed by atoms with Crippen molar-refractivity contribution in [3.63, 3.8) is 0 Å². The average Bonchev–Trinajstić information content (AvgIpc) is 3.10. The molecule has 138 valence electrons.